The summed E-state index contributed by atoms with van der Waals surface area (Å²) >= 11 is 0. The van der Waals surface area contributed by atoms with Crippen LogP contribution in [0.4, 0.5) is 0 Å². The van der Waals surface area contributed by atoms with Crippen LogP contribution in [0.5, 0.6) is 0 Å². The Hall–Kier alpha value is -1.58. The Balaban J connectivity index is -0.0000000900. The van der Waals surface area contributed by atoms with Gasteiger partial charge in [0.15, 0.2) is 0 Å². The van der Waals surface area contributed by atoms with E-state index in [1.54, 1.807) is 0 Å². The van der Waals surface area contributed by atoms with E-state index in [1.807, 2.05) is 0 Å². The first-order valence-corrected chi connectivity index (χ1v) is 3.90. The SMILES string of the molecule is O=C(O)CC(=O)O.O=C(O)CC(=O)O.OB(O)O.[LiH]. The Morgan fingerprint density at radius 1 is 0.632 bits per heavy atom. The molecule has 0 saturated heterocycles. The van der Waals surface area contributed by atoms with Crippen LogP contribution in [0.1, 0.15) is 12.8 Å². The first-order chi connectivity index (χ1) is 7.98. The minimum atomic E-state index is -2.17. The second-order valence-electron chi connectivity index (χ2n) is 2.27. The molecule has 0 aliphatic rings. The van der Waals surface area contributed by atoms with Gasteiger partial charge in [-0.25, -0.2) is 0 Å². The van der Waals surface area contributed by atoms with Gasteiger partial charge in [0.05, 0.1) is 0 Å². The summed E-state index contributed by atoms with van der Waals surface area (Å²) in [6.45, 7) is 0. The fourth-order valence-electron chi connectivity index (χ4n) is 0.259. The van der Waals surface area contributed by atoms with Gasteiger partial charge in [-0.15, -0.1) is 0 Å². The van der Waals surface area contributed by atoms with Crippen molar-refractivity contribution in [3.63, 3.8) is 0 Å². The predicted molar refractivity (Wildman–Crippen MR) is 59.3 cm³/mol. The van der Waals surface area contributed by atoms with Gasteiger partial charge < -0.3 is 35.5 Å². The summed E-state index contributed by atoms with van der Waals surface area (Å²) in [4.78, 5) is 37.7. The molecule has 0 aliphatic heterocycles. The van der Waals surface area contributed by atoms with E-state index >= 15 is 0 Å². The van der Waals surface area contributed by atoms with E-state index in [1.165, 1.54) is 0 Å². The monoisotopic (exact) mass is 278 g/mol. The maximum absolute atomic E-state index is 9.43. The molecule has 0 unspecified atom stereocenters. The first-order valence-electron chi connectivity index (χ1n) is 3.90. The van der Waals surface area contributed by atoms with E-state index < -0.39 is 44.0 Å². The molecule has 13 heteroatoms. The van der Waals surface area contributed by atoms with E-state index in [9.17, 15) is 19.2 Å². The van der Waals surface area contributed by atoms with E-state index in [4.69, 9.17) is 35.5 Å². The van der Waals surface area contributed by atoms with Crippen LogP contribution >= 0.6 is 0 Å². The molecule has 106 valence electrons. The Bertz CT molecular complexity index is 238. The van der Waals surface area contributed by atoms with Crippen LogP contribution in [0.2, 0.25) is 0 Å². The number of aliphatic carboxylic acids is 4. The van der Waals surface area contributed by atoms with Gasteiger partial charge in [-0.1, -0.05) is 0 Å². The molecular weight excluding hydrogens is 266 g/mol. The summed E-state index contributed by atoms with van der Waals surface area (Å²) in [6, 6.07) is 0. The molecule has 7 N–H and O–H groups in total. The molecule has 0 atom stereocenters. The molecule has 11 nitrogen and oxygen atoms in total. The van der Waals surface area contributed by atoms with Crippen LogP contribution in [0, 0.1) is 0 Å². The van der Waals surface area contributed by atoms with Crippen molar-refractivity contribution in [1.29, 1.82) is 0 Å². The van der Waals surface area contributed by atoms with Crippen LogP contribution in [-0.2, 0) is 19.2 Å². The van der Waals surface area contributed by atoms with Crippen molar-refractivity contribution in [2.75, 3.05) is 0 Å². The van der Waals surface area contributed by atoms with Gasteiger partial charge in [0.25, 0.3) is 0 Å². The van der Waals surface area contributed by atoms with Crippen molar-refractivity contribution >= 4 is 50.1 Å². The van der Waals surface area contributed by atoms with Crippen LogP contribution in [0.25, 0.3) is 0 Å². The van der Waals surface area contributed by atoms with Gasteiger partial charge in [0.1, 0.15) is 12.8 Å². The number of carboxylic acids is 4. The molecule has 0 heterocycles. The van der Waals surface area contributed by atoms with Crippen molar-refractivity contribution in [2.24, 2.45) is 0 Å². The number of carbonyl (C=O) groups is 4. The number of rotatable bonds is 4. The minimum absolute atomic E-state index is 0. The van der Waals surface area contributed by atoms with Crippen LogP contribution in [0.3, 0.4) is 0 Å². The molecule has 19 heavy (non-hydrogen) atoms. The molecule has 0 radical (unpaired) electrons. The second kappa shape index (κ2) is 16.4. The normalized spacial score (nSPS) is 7.32. The molecular formula is C6H12BLiO11. The third-order valence-electron chi connectivity index (χ3n) is 0.605. The summed E-state index contributed by atoms with van der Waals surface area (Å²) in [7, 11) is -2.17. The molecule has 0 fully saturated rings. The average Bonchev–Trinajstić information content (AvgIpc) is 1.96. The predicted octanol–water partition coefficient (Wildman–Crippen LogP) is -3.61. The summed E-state index contributed by atoms with van der Waals surface area (Å²) in [6.07, 6.45) is -1.61. The van der Waals surface area contributed by atoms with Gasteiger partial charge in [-0.05, 0) is 0 Å². The van der Waals surface area contributed by atoms with Crippen molar-refractivity contribution < 1.29 is 54.7 Å². The van der Waals surface area contributed by atoms with E-state index in [2.05, 4.69) is 0 Å². The molecule has 0 aromatic heterocycles. The zero-order valence-electron chi connectivity index (χ0n) is 8.76. The quantitative estimate of drug-likeness (QED) is 0.197. The van der Waals surface area contributed by atoms with Crippen LogP contribution in [-0.4, -0.2) is 85.6 Å². The third kappa shape index (κ3) is 82.8. The Kier molecular flexibility index (Phi) is 22.5. The van der Waals surface area contributed by atoms with Gasteiger partial charge in [0.2, 0.25) is 0 Å². The number of carboxylic acid groups (broad SMARTS) is 4. The summed E-state index contributed by atoms with van der Waals surface area (Å²) in [5.41, 5.74) is 0. The van der Waals surface area contributed by atoms with Crippen LogP contribution in [0.15, 0.2) is 0 Å². The summed E-state index contributed by atoms with van der Waals surface area (Å²) < 4.78 is 0. The van der Waals surface area contributed by atoms with Crippen molar-refractivity contribution in [3.05, 3.63) is 0 Å². The molecule has 0 aromatic carbocycles. The maximum atomic E-state index is 9.43. The third-order valence-corrected chi connectivity index (χ3v) is 0.605. The average molecular weight is 278 g/mol. The fraction of sp³-hybridized carbons (Fsp3) is 0.333. The van der Waals surface area contributed by atoms with Gasteiger partial charge in [0, 0.05) is 0 Å². The number of hydrogen-bond donors (Lipinski definition) is 7. The topological polar surface area (TPSA) is 210 Å². The van der Waals surface area contributed by atoms with Gasteiger partial charge in [-0.2, -0.15) is 0 Å². The van der Waals surface area contributed by atoms with Crippen molar-refractivity contribution in [1.82, 2.24) is 0 Å². The number of hydrogen-bond acceptors (Lipinski definition) is 7. The van der Waals surface area contributed by atoms with Crippen molar-refractivity contribution in [2.45, 2.75) is 12.8 Å². The second-order valence-corrected chi connectivity index (χ2v) is 2.27. The Labute approximate surface area is 118 Å². The Morgan fingerprint density at radius 3 is 0.737 bits per heavy atom. The zero-order valence-corrected chi connectivity index (χ0v) is 8.76. The first kappa shape index (κ1) is 26.1. The van der Waals surface area contributed by atoms with Gasteiger partial charge in [-0.3, -0.25) is 19.2 Å². The molecule has 0 bridgehead atoms. The zero-order chi connectivity index (χ0) is 15.3. The molecule has 0 rings (SSSR count). The van der Waals surface area contributed by atoms with E-state index in [0.717, 1.165) is 0 Å². The molecule has 0 aliphatic carbocycles. The molecule has 0 aromatic rings. The standard InChI is InChI=1S/2C3H4O4.BH3O3.Li.H/c2*4-2(5)1-3(6)7;2-1(3)4;;/h2*1H2,(H,4,5)(H,6,7);2-4H;;. The van der Waals surface area contributed by atoms with E-state index in [-0.39, 0.29) is 18.9 Å². The summed E-state index contributed by atoms with van der Waals surface area (Å²) in [5, 5.41) is 52.3. The molecule has 0 amide bonds. The van der Waals surface area contributed by atoms with Gasteiger partial charge >= 0.3 is 50.1 Å². The molecule has 0 saturated carbocycles. The summed E-state index contributed by atoms with van der Waals surface area (Å²) in [5.74, 6) is -5.25. The fourth-order valence-corrected chi connectivity index (χ4v) is 0.259. The van der Waals surface area contributed by atoms with Crippen molar-refractivity contribution in [3.8, 4) is 0 Å². The molecule has 0 spiro atoms. The van der Waals surface area contributed by atoms with Crippen LogP contribution < -0.4 is 0 Å². The van der Waals surface area contributed by atoms with E-state index in [0.29, 0.717) is 0 Å². The Morgan fingerprint density at radius 2 is 0.737 bits per heavy atom.